The zero-order valence-corrected chi connectivity index (χ0v) is 9.96. The van der Waals surface area contributed by atoms with Gasteiger partial charge in [-0.15, -0.1) is 11.6 Å². The molecule has 0 atom stereocenters. The van der Waals surface area contributed by atoms with Gasteiger partial charge in [-0.25, -0.2) is 0 Å². The first-order valence-corrected chi connectivity index (χ1v) is 5.25. The molecule has 0 unspecified atom stereocenters. The summed E-state index contributed by atoms with van der Waals surface area (Å²) in [5.74, 6) is 0.412. The Kier molecular flexibility index (Phi) is 3.57. The van der Waals surface area contributed by atoms with Crippen LogP contribution in [0.4, 0.5) is 0 Å². The van der Waals surface area contributed by atoms with E-state index in [1.165, 1.54) is 0 Å². The second kappa shape index (κ2) is 4.33. The maximum atomic E-state index is 11.2. The summed E-state index contributed by atoms with van der Waals surface area (Å²) in [4.78, 5) is 11.2. The van der Waals surface area contributed by atoms with Crippen LogP contribution >= 0.6 is 23.2 Å². The summed E-state index contributed by atoms with van der Waals surface area (Å²) in [5, 5.41) is -0.411. The van der Waals surface area contributed by atoms with Crippen molar-refractivity contribution >= 4 is 28.4 Å². The SMILES string of the molecule is Cc1cc(C)c(C(=O)Cl)c(C)c1CCl. The normalized spacial score (nSPS) is 10.4. The summed E-state index contributed by atoms with van der Waals surface area (Å²) in [6, 6.07) is 1.94. The number of carbonyl (C=O) groups excluding carboxylic acids is 1. The molecule has 0 fully saturated rings. The summed E-state index contributed by atoms with van der Waals surface area (Å²) in [7, 11) is 0. The fraction of sp³-hybridized carbons (Fsp3) is 0.364. The molecule has 0 saturated heterocycles. The van der Waals surface area contributed by atoms with Crippen molar-refractivity contribution in [2.24, 2.45) is 0 Å². The lowest BCUT2D eigenvalue weighted by atomic mass is 9.95. The van der Waals surface area contributed by atoms with Gasteiger partial charge in [-0.1, -0.05) is 6.07 Å². The third kappa shape index (κ3) is 1.94. The minimum atomic E-state index is -0.411. The van der Waals surface area contributed by atoms with E-state index in [0.717, 1.165) is 22.3 Å². The summed E-state index contributed by atoms with van der Waals surface area (Å²) >= 11 is 11.3. The van der Waals surface area contributed by atoms with Crippen LogP contribution in [0, 0.1) is 20.8 Å². The van der Waals surface area contributed by atoms with Crippen LogP contribution in [0.1, 0.15) is 32.6 Å². The molecule has 0 amide bonds. The number of carbonyl (C=O) groups is 1. The Morgan fingerprint density at radius 1 is 1.29 bits per heavy atom. The number of hydrogen-bond donors (Lipinski definition) is 0. The van der Waals surface area contributed by atoms with Crippen LogP contribution in [-0.4, -0.2) is 5.24 Å². The van der Waals surface area contributed by atoms with Gasteiger partial charge in [0, 0.05) is 11.4 Å². The molecular formula is C11H12Cl2O. The van der Waals surface area contributed by atoms with Crippen LogP contribution in [-0.2, 0) is 5.88 Å². The molecule has 76 valence electrons. The maximum absolute atomic E-state index is 11.2. The van der Waals surface area contributed by atoms with Crippen LogP contribution in [0.2, 0.25) is 0 Å². The van der Waals surface area contributed by atoms with E-state index in [-0.39, 0.29) is 0 Å². The second-order valence-corrected chi connectivity index (χ2v) is 4.01. The van der Waals surface area contributed by atoms with E-state index in [2.05, 4.69) is 0 Å². The Morgan fingerprint density at radius 3 is 2.29 bits per heavy atom. The van der Waals surface area contributed by atoms with Crippen LogP contribution in [0.3, 0.4) is 0 Å². The molecule has 1 aromatic carbocycles. The van der Waals surface area contributed by atoms with Gasteiger partial charge in [-0.2, -0.15) is 0 Å². The zero-order chi connectivity index (χ0) is 10.9. The van der Waals surface area contributed by atoms with Gasteiger partial charge in [-0.3, -0.25) is 4.79 Å². The van der Waals surface area contributed by atoms with E-state index >= 15 is 0 Å². The monoisotopic (exact) mass is 230 g/mol. The molecular weight excluding hydrogens is 219 g/mol. The molecule has 1 nitrogen and oxygen atoms in total. The zero-order valence-electron chi connectivity index (χ0n) is 8.45. The van der Waals surface area contributed by atoms with E-state index in [0.29, 0.717) is 11.4 Å². The molecule has 3 heteroatoms. The Hall–Kier alpha value is -0.530. The maximum Gasteiger partial charge on any atom is 0.252 e. The van der Waals surface area contributed by atoms with E-state index in [1.807, 2.05) is 26.8 Å². The Labute approximate surface area is 94.0 Å². The summed E-state index contributed by atoms with van der Waals surface area (Å²) in [6.07, 6.45) is 0. The minimum absolute atomic E-state index is 0.411. The molecule has 0 heterocycles. The van der Waals surface area contributed by atoms with E-state index in [4.69, 9.17) is 23.2 Å². The van der Waals surface area contributed by atoms with Gasteiger partial charge < -0.3 is 0 Å². The fourth-order valence-electron chi connectivity index (χ4n) is 1.73. The first-order valence-electron chi connectivity index (χ1n) is 4.34. The average molecular weight is 231 g/mol. The predicted octanol–water partition coefficient (Wildman–Crippen LogP) is 3.73. The minimum Gasteiger partial charge on any atom is -0.276 e. The summed E-state index contributed by atoms with van der Waals surface area (Å²) in [5.41, 5.74) is 4.51. The van der Waals surface area contributed by atoms with Crippen LogP contribution in [0.25, 0.3) is 0 Å². The lowest BCUT2D eigenvalue weighted by Gasteiger charge is -2.12. The van der Waals surface area contributed by atoms with Gasteiger partial charge in [-0.05, 0) is 54.6 Å². The number of hydrogen-bond acceptors (Lipinski definition) is 1. The van der Waals surface area contributed by atoms with Gasteiger partial charge >= 0.3 is 0 Å². The third-order valence-corrected chi connectivity index (χ3v) is 2.92. The largest absolute Gasteiger partial charge is 0.276 e. The number of halogens is 2. The highest BCUT2D eigenvalue weighted by Gasteiger charge is 2.14. The van der Waals surface area contributed by atoms with Gasteiger partial charge in [0.15, 0.2) is 0 Å². The van der Waals surface area contributed by atoms with Crippen LogP contribution < -0.4 is 0 Å². The van der Waals surface area contributed by atoms with Gasteiger partial charge in [0.2, 0.25) is 0 Å². The lowest BCUT2D eigenvalue weighted by Crippen LogP contribution is -2.03. The molecule has 0 N–H and O–H groups in total. The summed E-state index contributed by atoms with van der Waals surface area (Å²) < 4.78 is 0. The van der Waals surface area contributed by atoms with Crippen molar-refractivity contribution in [3.8, 4) is 0 Å². The fourth-order valence-corrected chi connectivity index (χ4v) is 2.44. The van der Waals surface area contributed by atoms with Gasteiger partial charge in [0.25, 0.3) is 5.24 Å². The molecule has 0 aromatic heterocycles. The van der Waals surface area contributed by atoms with E-state index in [9.17, 15) is 4.79 Å². The van der Waals surface area contributed by atoms with E-state index in [1.54, 1.807) is 0 Å². The van der Waals surface area contributed by atoms with Crippen molar-refractivity contribution < 1.29 is 4.79 Å². The predicted molar refractivity (Wildman–Crippen MR) is 60.4 cm³/mol. The van der Waals surface area contributed by atoms with Crippen molar-refractivity contribution in [1.29, 1.82) is 0 Å². The molecule has 1 aromatic rings. The number of rotatable bonds is 2. The smallest absolute Gasteiger partial charge is 0.252 e. The molecule has 0 saturated carbocycles. The number of aryl methyl sites for hydroxylation is 2. The Balaban J connectivity index is 3.52. The van der Waals surface area contributed by atoms with Crippen LogP contribution in [0.5, 0.6) is 0 Å². The highest BCUT2D eigenvalue weighted by atomic mass is 35.5. The first kappa shape index (κ1) is 11.5. The Morgan fingerprint density at radius 2 is 1.86 bits per heavy atom. The number of benzene rings is 1. The molecule has 14 heavy (non-hydrogen) atoms. The molecule has 0 bridgehead atoms. The molecule has 0 aliphatic carbocycles. The second-order valence-electron chi connectivity index (χ2n) is 3.40. The third-order valence-electron chi connectivity index (χ3n) is 2.46. The van der Waals surface area contributed by atoms with Crippen LogP contribution in [0.15, 0.2) is 6.07 Å². The highest BCUT2D eigenvalue weighted by Crippen LogP contribution is 2.24. The van der Waals surface area contributed by atoms with Crippen molar-refractivity contribution in [2.45, 2.75) is 26.7 Å². The molecule has 1 rings (SSSR count). The molecule has 0 spiro atoms. The molecule has 0 radical (unpaired) electrons. The van der Waals surface area contributed by atoms with Crippen molar-refractivity contribution in [1.82, 2.24) is 0 Å². The molecule has 0 aliphatic rings. The summed E-state index contributed by atoms with van der Waals surface area (Å²) in [6.45, 7) is 5.75. The van der Waals surface area contributed by atoms with Crippen molar-refractivity contribution in [2.75, 3.05) is 0 Å². The first-order chi connectivity index (χ1) is 6.49. The molecule has 0 aliphatic heterocycles. The van der Waals surface area contributed by atoms with Crippen molar-refractivity contribution in [3.05, 3.63) is 33.9 Å². The quantitative estimate of drug-likeness (QED) is 0.559. The van der Waals surface area contributed by atoms with E-state index < -0.39 is 5.24 Å². The average Bonchev–Trinajstić information content (AvgIpc) is 2.02. The Bertz CT molecular complexity index is 383. The highest BCUT2D eigenvalue weighted by molar-refractivity contribution is 6.68. The lowest BCUT2D eigenvalue weighted by molar-refractivity contribution is 0.108. The van der Waals surface area contributed by atoms with Crippen molar-refractivity contribution in [3.63, 3.8) is 0 Å². The standard InChI is InChI=1S/C11H12Cl2O/c1-6-4-7(2)10(11(13)14)8(3)9(6)5-12/h4H,5H2,1-3H3. The van der Waals surface area contributed by atoms with Gasteiger partial charge in [0.1, 0.15) is 0 Å². The van der Waals surface area contributed by atoms with Gasteiger partial charge in [0.05, 0.1) is 0 Å². The topological polar surface area (TPSA) is 17.1 Å². The number of alkyl halides is 1.